The first-order chi connectivity index (χ1) is 6.27. The van der Waals surface area contributed by atoms with Gasteiger partial charge < -0.3 is 0 Å². The van der Waals surface area contributed by atoms with Gasteiger partial charge in [0.05, 0.1) is 0 Å². The van der Waals surface area contributed by atoms with E-state index in [9.17, 15) is 4.39 Å². The number of aromatic amines is 1. The second-order valence-electron chi connectivity index (χ2n) is 2.70. The van der Waals surface area contributed by atoms with E-state index >= 15 is 0 Å². The molecule has 0 unspecified atom stereocenters. The van der Waals surface area contributed by atoms with Gasteiger partial charge in [-0.1, -0.05) is 0 Å². The maximum atomic E-state index is 12.9. The maximum absolute atomic E-state index is 12.9. The van der Waals surface area contributed by atoms with Crippen LogP contribution in [0.2, 0.25) is 0 Å². The van der Waals surface area contributed by atoms with Crippen LogP contribution in [0.25, 0.3) is 11.4 Å². The molecule has 0 saturated carbocycles. The van der Waals surface area contributed by atoms with Gasteiger partial charge in [0.15, 0.2) is 0 Å². The summed E-state index contributed by atoms with van der Waals surface area (Å²) in [6.45, 7) is 1.69. The largest absolute Gasteiger partial charge is 0.207 e. The predicted octanol–water partition coefficient (Wildman–Crippen LogP) is 1.31. The number of rotatable bonds is 1. The Bertz CT molecular complexity index is 410. The number of H-pyrrole nitrogens is 1. The highest BCUT2D eigenvalue weighted by atomic mass is 19.1. The van der Waals surface area contributed by atoms with Gasteiger partial charge in [0.2, 0.25) is 5.82 Å². The number of nitrogens with one attached hydrogen (secondary N) is 1. The number of halogens is 1. The van der Waals surface area contributed by atoms with E-state index in [2.05, 4.69) is 20.6 Å². The van der Waals surface area contributed by atoms with E-state index in [0.29, 0.717) is 11.4 Å². The lowest BCUT2D eigenvalue weighted by Gasteiger charge is -1.97. The minimum atomic E-state index is -0.229. The molecule has 1 N–H and O–H groups in total. The van der Waals surface area contributed by atoms with Crippen LogP contribution in [0.5, 0.6) is 0 Å². The SMILES string of the molecule is Cc1cc(-c2nn[nH]n2)ccc1F. The first-order valence-electron chi connectivity index (χ1n) is 3.77. The molecule has 2 aromatic rings. The van der Waals surface area contributed by atoms with E-state index < -0.39 is 0 Å². The molecule has 0 aliphatic rings. The van der Waals surface area contributed by atoms with Gasteiger partial charge in [-0.3, -0.25) is 0 Å². The van der Waals surface area contributed by atoms with Crippen molar-refractivity contribution in [2.75, 3.05) is 0 Å². The van der Waals surface area contributed by atoms with Crippen molar-refractivity contribution >= 4 is 0 Å². The third kappa shape index (κ3) is 1.40. The first kappa shape index (κ1) is 7.85. The van der Waals surface area contributed by atoms with E-state index in [1.54, 1.807) is 19.1 Å². The summed E-state index contributed by atoms with van der Waals surface area (Å²) >= 11 is 0. The summed E-state index contributed by atoms with van der Waals surface area (Å²) in [6.07, 6.45) is 0. The highest BCUT2D eigenvalue weighted by molar-refractivity contribution is 5.54. The number of hydrogen-bond donors (Lipinski definition) is 1. The van der Waals surface area contributed by atoms with Crippen LogP contribution in [0.15, 0.2) is 18.2 Å². The lowest BCUT2D eigenvalue weighted by molar-refractivity contribution is 0.618. The molecule has 1 heterocycles. The normalized spacial score (nSPS) is 10.3. The third-order valence-electron chi connectivity index (χ3n) is 1.76. The van der Waals surface area contributed by atoms with Gasteiger partial charge in [-0.15, -0.1) is 10.2 Å². The van der Waals surface area contributed by atoms with E-state index in [4.69, 9.17) is 0 Å². The van der Waals surface area contributed by atoms with Gasteiger partial charge in [-0.25, -0.2) is 4.39 Å². The smallest absolute Gasteiger partial charge is 0.204 e. The van der Waals surface area contributed by atoms with Gasteiger partial charge in [-0.2, -0.15) is 5.21 Å². The Labute approximate surface area is 73.8 Å². The molecule has 0 bridgehead atoms. The standard InChI is InChI=1S/C8H7FN4/c1-5-4-6(2-3-7(5)9)8-10-12-13-11-8/h2-4H,1H3,(H,10,11,12,13). The van der Waals surface area contributed by atoms with E-state index in [1.807, 2.05) is 0 Å². The van der Waals surface area contributed by atoms with Crippen molar-refractivity contribution in [1.29, 1.82) is 0 Å². The number of hydrogen-bond acceptors (Lipinski definition) is 3. The minimum absolute atomic E-state index is 0.229. The molecule has 0 radical (unpaired) electrons. The Balaban J connectivity index is 2.49. The lowest BCUT2D eigenvalue weighted by atomic mass is 10.1. The Hall–Kier alpha value is -1.78. The molecule has 0 aliphatic heterocycles. The van der Waals surface area contributed by atoms with E-state index in [1.165, 1.54) is 6.07 Å². The van der Waals surface area contributed by atoms with Crippen LogP contribution in [-0.2, 0) is 0 Å². The fraction of sp³-hybridized carbons (Fsp3) is 0.125. The van der Waals surface area contributed by atoms with Crippen molar-refractivity contribution in [3.8, 4) is 11.4 Å². The van der Waals surface area contributed by atoms with Crippen molar-refractivity contribution in [3.63, 3.8) is 0 Å². The first-order valence-corrected chi connectivity index (χ1v) is 3.77. The van der Waals surface area contributed by atoms with Crippen LogP contribution in [0.4, 0.5) is 4.39 Å². The summed E-state index contributed by atoms with van der Waals surface area (Å²) in [4.78, 5) is 0. The van der Waals surface area contributed by atoms with Gasteiger partial charge in [0, 0.05) is 5.56 Å². The number of aromatic nitrogens is 4. The zero-order valence-corrected chi connectivity index (χ0v) is 6.95. The highest BCUT2D eigenvalue weighted by Gasteiger charge is 2.04. The number of tetrazole rings is 1. The Kier molecular flexibility index (Phi) is 1.77. The summed E-state index contributed by atoms with van der Waals surface area (Å²) in [6, 6.07) is 4.69. The van der Waals surface area contributed by atoms with Crippen LogP contribution in [-0.4, -0.2) is 20.6 Å². The van der Waals surface area contributed by atoms with Gasteiger partial charge >= 0.3 is 0 Å². The zero-order chi connectivity index (χ0) is 9.26. The molecule has 2 rings (SSSR count). The third-order valence-corrected chi connectivity index (χ3v) is 1.76. The molecule has 0 spiro atoms. The second-order valence-corrected chi connectivity index (χ2v) is 2.70. The van der Waals surface area contributed by atoms with Crippen molar-refractivity contribution in [3.05, 3.63) is 29.6 Å². The Morgan fingerprint density at radius 2 is 2.23 bits per heavy atom. The second kappa shape index (κ2) is 2.93. The molecule has 66 valence electrons. The fourth-order valence-electron chi connectivity index (χ4n) is 1.07. The van der Waals surface area contributed by atoms with E-state index in [0.717, 1.165) is 5.56 Å². The van der Waals surface area contributed by atoms with Gasteiger partial charge in [0.1, 0.15) is 5.82 Å². The summed E-state index contributed by atoms with van der Waals surface area (Å²) in [5, 5.41) is 13.3. The van der Waals surface area contributed by atoms with Crippen molar-refractivity contribution in [2.45, 2.75) is 6.92 Å². The summed E-state index contributed by atoms with van der Waals surface area (Å²) in [7, 11) is 0. The van der Waals surface area contributed by atoms with Crippen molar-refractivity contribution in [2.24, 2.45) is 0 Å². The monoisotopic (exact) mass is 178 g/mol. The molecule has 0 amide bonds. The number of nitrogens with zero attached hydrogens (tertiary/aromatic N) is 3. The van der Waals surface area contributed by atoms with E-state index in [-0.39, 0.29) is 5.82 Å². The fourth-order valence-corrected chi connectivity index (χ4v) is 1.07. The molecular weight excluding hydrogens is 171 g/mol. The molecule has 13 heavy (non-hydrogen) atoms. The molecule has 0 saturated heterocycles. The van der Waals surface area contributed by atoms with Crippen LogP contribution < -0.4 is 0 Å². The molecular formula is C8H7FN4. The topological polar surface area (TPSA) is 54.5 Å². The summed E-state index contributed by atoms with van der Waals surface area (Å²) in [5.41, 5.74) is 1.33. The molecule has 4 nitrogen and oxygen atoms in total. The average Bonchev–Trinajstić information content (AvgIpc) is 2.62. The van der Waals surface area contributed by atoms with Gasteiger partial charge in [-0.05, 0) is 35.9 Å². The number of aryl methyl sites for hydroxylation is 1. The average molecular weight is 178 g/mol. The minimum Gasteiger partial charge on any atom is -0.207 e. The predicted molar refractivity (Wildman–Crippen MR) is 44.3 cm³/mol. The number of benzene rings is 1. The zero-order valence-electron chi connectivity index (χ0n) is 6.95. The molecule has 1 aromatic heterocycles. The quantitative estimate of drug-likeness (QED) is 0.716. The molecule has 0 fully saturated rings. The van der Waals surface area contributed by atoms with Crippen LogP contribution >= 0.6 is 0 Å². The van der Waals surface area contributed by atoms with Crippen LogP contribution in [0.3, 0.4) is 0 Å². The molecule has 1 aromatic carbocycles. The van der Waals surface area contributed by atoms with Crippen LogP contribution in [0, 0.1) is 12.7 Å². The Morgan fingerprint density at radius 3 is 2.85 bits per heavy atom. The maximum Gasteiger partial charge on any atom is 0.204 e. The molecule has 0 atom stereocenters. The van der Waals surface area contributed by atoms with Gasteiger partial charge in [0.25, 0.3) is 0 Å². The Morgan fingerprint density at radius 1 is 1.38 bits per heavy atom. The molecule has 0 aliphatic carbocycles. The van der Waals surface area contributed by atoms with Crippen molar-refractivity contribution < 1.29 is 4.39 Å². The van der Waals surface area contributed by atoms with Crippen molar-refractivity contribution in [1.82, 2.24) is 20.6 Å². The summed E-state index contributed by atoms with van der Waals surface area (Å²) in [5.74, 6) is 0.246. The molecule has 5 heteroatoms. The van der Waals surface area contributed by atoms with Crippen LogP contribution in [0.1, 0.15) is 5.56 Å². The summed E-state index contributed by atoms with van der Waals surface area (Å²) < 4.78 is 12.9. The lowest BCUT2D eigenvalue weighted by Crippen LogP contribution is -1.85. The highest BCUT2D eigenvalue weighted by Crippen LogP contribution is 2.16.